The topological polar surface area (TPSA) is 76.4 Å². The maximum absolute atomic E-state index is 5.46. The lowest BCUT2D eigenvalue weighted by molar-refractivity contribution is 0.145. The predicted octanol–water partition coefficient (Wildman–Crippen LogP) is 4.17. The Kier molecular flexibility index (Phi) is 11.2. The molecule has 0 aromatic carbocycles. The first kappa shape index (κ1) is 26.1. The first-order valence-electron chi connectivity index (χ1n) is 11.1. The summed E-state index contributed by atoms with van der Waals surface area (Å²) in [7, 11) is 1.98. The summed E-state index contributed by atoms with van der Waals surface area (Å²) in [5.41, 5.74) is 0.210. The third kappa shape index (κ3) is 7.42. The molecule has 0 atom stereocenters. The van der Waals surface area contributed by atoms with E-state index in [1.54, 1.807) is 0 Å². The standard InChI is InChI=1S/C22H36N6OS.HI/c1-4-29-14-9-13-23-21(24-16-20-27-26-18(2)28(20)3)25-17-22(11-6-5-7-12-22)19-10-8-15-30-19;/h8,10,15H,4-7,9,11-14,16-17H2,1-3H3,(H2,23,24,25);1H. The van der Waals surface area contributed by atoms with Crippen LogP contribution in [-0.4, -0.2) is 47.0 Å². The van der Waals surface area contributed by atoms with Gasteiger partial charge in [-0.1, -0.05) is 25.3 Å². The van der Waals surface area contributed by atoms with Crippen LogP contribution < -0.4 is 10.6 Å². The van der Waals surface area contributed by atoms with Crippen LogP contribution >= 0.6 is 35.3 Å². The number of thiophene rings is 1. The molecule has 2 heterocycles. The number of hydrogen-bond acceptors (Lipinski definition) is 5. The zero-order valence-electron chi connectivity index (χ0n) is 19.0. The lowest BCUT2D eigenvalue weighted by Crippen LogP contribution is -2.46. The molecule has 0 spiro atoms. The minimum atomic E-state index is 0. The predicted molar refractivity (Wildman–Crippen MR) is 138 cm³/mol. The first-order valence-corrected chi connectivity index (χ1v) is 12.0. The van der Waals surface area contributed by atoms with Crippen molar-refractivity contribution in [3.8, 4) is 0 Å². The van der Waals surface area contributed by atoms with Gasteiger partial charge in [-0.05, 0) is 44.6 Å². The van der Waals surface area contributed by atoms with Crippen molar-refractivity contribution in [3.05, 3.63) is 34.0 Å². The Hall–Kier alpha value is -1.20. The summed E-state index contributed by atoms with van der Waals surface area (Å²) in [6, 6.07) is 4.47. The fraction of sp³-hybridized carbons (Fsp3) is 0.682. The van der Waals surface area contributed by atoms with Gasteiger partial charge in [-0.25, -0.2) is 4.99 Å². The molecule has 1 aliphatic carbocycles. The molecule has 0 amide bonds. The number of aryl methyl sites for hydroxylation is 1. The van der Waals surface area contributed by atoms with Crippen molar-refractivity contribution in [2.45, 2.75) is 64.3 Å². The molecule has 2 aromatic rings. The smallest absolute Gasteiger partial charge is 0.191 e. The van der Waals surface area contributed by atoms with E-state index >= 15 is 0 Å². The van der Waals surface area contributed by atoms with Gasteiger partial charge >= 0.3 is 0 Å². The van der Waals surface area contributed by atoms with Crippen molar-refractivity contribution in [3.63, 3.8) is 0 Å². The zero-order valence-corrected chi connectivity index (χ0v) is 22.2. The largest absolute Gasteiger partial charge is 0.382 e. The van der Waals surface area contributed by atoms with E-state index in [0.717, 1.165) is 50.3 Å². The monoisotopic (exact) mass is 560 g/mol. The Morgan fingerprint density at radius 2 is 2.06 bits per heavy atom. The second kappa shape index (κ2) is 13.4. The van der Waals surface area contributed by atoms with Crippen LogP contribution in [0.5, 0.6) is 0 Å². The van der Waals surface area contributed by atoms with Crippen molar-refractivity contribution < 1.29 is 4.74 Å². The van der Waals surface area contributed by atoms with Gasteiger partial charge in [0.15, 0.2) is 11.8 Å². The lowest BCUT2D eigenvalue weighted by atomic mass is 9.73. The molecule has 1 fully saturated rings. The molecule has 0 saturated heterocycles. The molecule has 0 bridgehead atoms. The summed E-state index contributed by atoms with van der Waals surface area (Å²) < 4.78 is 7.45. The van der Waals surface area contributed by atoms with Gasteiger partial charge in [-0.15, -0.1) is 45.5 Å². The van der Waals surface area contributed by atoms with Gasteiger partial charge in [0.25, 0.3) is 0 Å². The van der Waals surface area contributed by atoms with Crippen LogP contribution in [0, 0.1) is 6.92 Å². The summed E-state index contributed by atoms with van der Waals surface area (Å²) in [5, 5.41) is 17.7. The third-order valence-corrected chi connectivity index (χ3v) is 7.09. The number of hydrogen-bond donors (Lipinski definition) is 2. The van der Waals surface area contributed by atoms with Gasteiger partial charge in [0, 0.05) is 43.6 Å². The van der Waals surface area contributed by atoms with Crippen molar-refractivity contribution in [2.75, 3.05) is 26.3 Å². The summed E-state index contributed by atoms with van der Waals surface area (Å²) in [6.07, 6.45) is 7.36. The van der Waals surface area contributed by atoms with Crippen molar-refractivity contribution in [1.29, 1.82) is 0 Å². The molecule has 0 radical (unpaired) electrons. The van der Waals surface area contributed by atoms with Gasteiger partial charge in [0.1, 0.15) is 12.4 Å². The summed E-state index contributed by atoms with van der Waals surface area (Å²) in [4.78, 5) is 6.31. The van der Waals surface area contributed by atoms with Gasteiger partial charge < -0.3 is 19.9 Å². The first-order chi connectivity index (χ1) is 14.6. The zero-order chi connectivity index (χ0) is 21.2. The highest BCUT2D eigenvalue weighted by Crippen LogP contribution is 2.41. The van der Waals surface area contributed by atoms with E-state index in [2.05, 4.69) is 38.3 Å². The van der Waals surface area contributed by atoms with Crippen LogP contribution in [-0.2, 0) is 23.7 Å². The van der Waals surface area contributed by atoms with Crippen LogP contribution in [0.4, 0.5) is 0 Å². The number of aliphatic imine (C=N–C) groups is 1. The maximum atomic E-state index is 5.46. The highest BCUT2D eigenvalue weighted by Gasteiger charge is 2.34. The van der Waals surface area contributed by atoms with Crippen molar-refractivity contribution >= 4 is 41.3 Å². The number of halogens is 1. The number of aromatic nitrogens is 3. The van der Waals surface area contributed by atoms with E-state index in [-0.39, 0.29) is 29.4 Å². The molecule has 0 unspecified atom stereocenters. The Balaban J connectivity index is 0.00000341. The molecule has 174 valence electrons. The average molecular weight is 561 g/mol. The van der Waals surface area contributed by atoms with E-state index in [0.29, 0.717) is 6.54 Å². The van der Waals surface area contributed by atoms with Gasteiger partial charge in [-0.3, -0.25) is 0 Å². The Bertz CT molecular complexity index is 786. The van der Waals surface area contributed by atoms with E-state index in [9.17, 15) is 0 Å². The van der Waals surface area contributed by atoms with Gasteiger partial charge in [0.2, 0.25) is 0 Å². The van der Waals surface area contributed by atoms with E-state index in [1.165, 1.54) is 37.0 Å². The van der Waals surface area contributed by atoms with E-state index < -0.39 is 0 Å². The van der Waals surface area contributed by atoms with Crippen molar-refractivity contribution in [1.82, 2.24) is 25.4 Å². The number of rotatable bonds is 10. The van der Waals surface area contributed by atoms with Crippen molar-refractivity contribution in [2.24, 2.45) is 12.0 Å². The minimum absolute atomic E-state index is 0. The molecule has 1 aliphatic rings. The Labute approximate surface area is 207 Å². The fourth-order valence-corrected chi connectivity index (χ4v) is 5.00. The third-order valence-electron chi connectivity index (χ3n) is 5.97. The van der Waals surface area contributed by atoms with Crippen LogP contribution in [0.3, 0.4) is 0 Å². The second-order valence-corrected chi connectivity index (χ2v) is 8.98. The van der Waals surface area contributed by atoms with Crippen LogP contribution in [0.2, 0.25) is 0 Å². The SMILES string of the molecule is CCOCCCNC(=NCc1nnc(C)n1C)NCC1(c2cccs2)CCCCC1.I. The average Bonchev–Trinajstić information content (AvgIpc) is 3.42. The number of ether oxygens (including phenoxy) is 1. The van der Waals surface area contributed by atoms with Gasteiger partial charge in [0.05, 0.1) is 0 Å². The van der Waals surface area contributed by atoms with Crippen LogP contribution in [0.1, 0.15) is 62.0 Å². The normalized spacial score (nSPS) is 16.0. The second-order valence-electron chi connectivity index (χ2n) is 8.04. The Morgan fingerprint density at radius 1 is 1.26 bits per heavy atom. The summed E-state index contributed by atoms with van der Waals surface area (Å²) >= 11 is 1.88. The molecule has 2 N–H and O–H groups in total. The van der Waals surface area contributed by atoms with Gasteiger partial charge in [-0.2, -0.15) is 0 Å². The molecule has 31 heavy (non-hydrogen) atoms. The Morgan fingerprint density at radius 3 is 2.71 bits per heavy atom. The molecule has 7 nitrogen and oxygen atoms in total. The van der Waals surface area contributed by atoms with Crippen LogP contribution in [0.15, 0.2) is 22.5 Å². The quantitative estimate of drug-likeness (QED) is 0.198. The lowest BCUT2D eigenvalue weighted by Gasteiger charge is -2.37. The highest BCUT2D eigenvalue weighted by molar-refractivity contribution is 14.0. The number of nitrogens with zero attached hydrogens (tertiary/aromatic N) is 4. The number of nitrogens with one attached hydrogen (secondary N) is 2. The molecular weight excluding hydrogens is 523 g/mol. The molecule has 2 aromatic heterocycles. The van der Waals surface area contributed by atoms with Crippen LogP contribution in [0.25, 0.3) is 0 Å². The van der Waals surface area contributed by atoms with E-state index in [1.807, 2.05) is 36.8 Å². The molecule has 3 rings (SSSR count). The molecule has 9 heteroatoms. The highest BCUT2D eigenvalue weighted by atomic mass is 127. The summed E-state index contributed by atoms with van der Waals surface area (Å²) in [5.74, 6) is 2.61. The number of guanidine groups is 1. The maximum Gasteiger partial charge on any atom is 0.191 e. The van der Waals surface area contributed by atoms with E-state index in [4.69, 9.17) is 9.73 Å². The molecule has 0 aliphatic heterocycles. The molecular formula is C22H37IN6OS. The molecule has 1 saturated carbocycles. The summed E-state index contributed by atoms with van der Waals surface area (Å²) in [6.45, 7) is 7.74. The fourth-order valence-electron chi connectivity index (χ4n) is 4.01. The minimum Gasteiger partial charge on any atom is -0.382 e.